The number of halogens is 1. The highest BCUT2D eigenvalue weighted by Crippen LogP contribution is 2.21. The molecule has 0 aliphatic carbocycles. The van der Waals surface area contributed by atoms with E-state index in [0.717, 1.165) is 6.42 Å². The van der Waals surface area contributed by atoms with Crippen LogP contribution in [0.4, 0.5) is 5.95 Å². The summed E-state index contributed by atoms with van der Waals surface area (Å²) < 4.78 is 5.56. The van der Waals surface area contributed by atoms with Gasteiger partial charge in [0.2, 0.25) is 11.2 Å². The molecule has 0 fully saturated rings. The minimum atomic E-state index is 0.0935. The Morgan fingerprint density at radius 3 is 2.83 bits per heavy atom. The quantitative estimate of drug-likeness (QED) is 0.920. The molecule has 2 aromatic rings. The summed E-state index contributed by atoms with van der Waals surface area (Å²) in [6.45, 7) is 2.08. The van der Waals surface area contributed by atoms with E-state index in [9.17, 15) is 0 Å². The summed E-state index contributed by atoms with van der Waals surface area (Å²) in [6, 6.07) is 7.92. The molecule has 0 spiro atoms. The molecule has 6 heteroatoms. The number of aromatic nitrogens is 3. The number of ether oxygens (including phenoxy) is 1. The largest absolute Gasteiger partial charge is 0.424 e. The topological polar surface area (TPSA) is 59.9 Å². The van der Waals surface area contributed by atoms with E-state index in [1.165, 1.54) is 5.56 Å². The van der Waals surface area contributed by atoms with Crippen LogP contribution in [0.1, 0.15) is 12.5 Å². The van der Waals surface area contributed by atoms with E-state index >= 15 is 0 Å². The molecule has 94 valence electrons. The fourth-order valence-corrected chi connectivity index (χ4v) is 1.58. The van der Waals surface area contributed by atoms with E-state index in [-0.39, 0.29) is 11.3 Å². The fourth-order valence-electron chi connectivity index (χ4n) is 1.42. The van der Waals surface area contributed by atoms with Crippen LogP contribution < -0.4 is 10.1 Å². The van der Waals surface area contributed by atoms with Gasteiger partial charge in [0.1, 0.15) is 5.75 Å². The molecule has 2 rings (SSSR count). The lowest BCUT2D eigenvalue weighted by molar-refractivity contribution is 0.440. The van der Waals surface area contributed by atoms with Crippen LogP contribution in [0.15, 0.2) is 24.3 Å². The van der Waals surface area contributed by atoms with Gasteiger partial charge in [-0.3, -0.25) is 0 Å². The van der Waals surface area contributed by atoms with Crippen molar-refractivity contribution in [2.75, 3.05) is 12.4 Å². The van der Waals surface area contributed by atoms with Gasteiger partial charge in [0, 0.05) is 7.05 Å². The zero-order valence-corrected chi connectivity index (χ0v) is 10.9. The summed E-state index contributed by atoms with van der Waals surface area (Å²) in [5.74, 6) is 1.05. The molecule has 18 heavy (non-hydrogen) atoms. The van der Waals surface area contributed by atoms with E-state index in [1.54, 1.807) is 7.05 Å². The van der Waals surface area contributed by atoms with Crippen molar-refractivity contribution in [1.29, 1.82) is 0 Å². The van der Waals surface area contributed by atoms with Gasteiger partial charge < -0.3 is 10.1 Å². The Balaban J connectivity index is 2.24. The first-order valence-electron chi connectivity index (χ1n) is 5.57. The van der Waals surface area contributed by atoms with Gasteiger partial charge in [-0.15, -0.1) is 0 Å². The van der Waals surface area contributed by atoms with Gasteiger partial charge in [0.15, 0.2) is 0 Å². The van der Waals surface area contributed by atoms with Crippen LogP contribution in [0.25, 0.3) is 0 Å². The highest BCUT2D eigenvalue weighted by molar-refractivity contribution is 6.28. The van der Waals surface area contributed by atoms with Gasteiger partial charge in [0.25, 0.3) is 0 Å². The molecule has 5 nitrogen and oxygen atoms in total. The SMILES string of the molecule is CCc1cccc(Oc2nc(Cl)nc(NC)n2)c1. The Kier molecular flexibility index (Phi) is 3.94. The van der Waals surface area contributed by atoms with Crippen molar-refractivity contribution in [3.05, 3.63) is 35.1 Å². The second kappa shape index (κ2) is 5.64. The number of nitrogens with zero attached hydrogens (tertiary/aromatic N) is 3. The van der Waals surface area contributed by atoms with Crippen molar-refractivity contribution in [3.63, 3.8) is 0 Å². The average Bonchev–Trinajstić information content (AvgIpc) is 2.38. The van der Waals surface area contributed by atoms with E-state index in [1.807, 2.05) is 24.3 Å². The Bertz CT molecular complexity index is 547. The maximum Gasteiger partial charge on any atom is 0.328 e. The van der Waals surface area contributed by atoms with Crippen molar-refractivity contribution in [1.82, 2.24) is 15.0 Å². The molecular weight excluding hydrogens is 252 g/mol. The standard InChI is InChI=1S/C12H13ClN4O/c1-3-8-5-4-6-9(7-8)18-12-16-10(13)15-11(14-2)17-12/h4-7H,3H2,1-2H3,(H,14,15,16,17). The first-order valence-corrected chi connectivity index (χ1v) is 5.95. The molecule has 0 unspecified atom stereocenters. The summed E-state index contributed by atoms with van der Waals surface area (Å²) >= 11 is 5.77. The smallest absolute Gasteiger partial charge is 0.328 e. The highest BCUT2D eigenvalue weighted by Gasteiger charge is 2.06. The third kappa shape index (κ3) is 3.07. The Labute approximate surface area is 110 Å². The summed E-state index contributed by atoms with van der Waals surface area (Å²) in [7, 11) is 1.70. The molecule has 1 aromatic heterocycles. The molecule has 0 radical (unpaired) electrons. The molecule has 1 aromatic carbocycles. The van der Waals surface area contributed by atoms with Gasteiger partial charge in [-0.05, 0) is 35.7 Å². The second-order valence-corrected chi connectivity index (χ2v) is 3.90. The van der Waals surface area contributed by atoms with Crippen LogP contribution in [-0.2, 0) is 6.42 Å². The third-order valence-corrected chi connectivity index (χ3v) is 2.50. The van der Waals surface area contributed by atoms with Crippen LogP contribution in [-0.4, -0.2) is 22.0 Å². The minimum absolute atomic E-state index is 0.0935. The Morgan fingerprint density at radius 2 is 2.11 bits per heavy atom. The average molecular weight is 265 g/mol. The summed E-state index contributed by atoms with van der Waals surface area (Å²) in [5.41, 5.74) is 1.18. The number of benzene rings is 1. The lowest BCUT2D eigenvalue weighted by atomic mass is 10.2. The molecule has 1 heterocycles. The predicted octanol–water partition coefficient (Wildman–Crippen LogP) is 2.92. The van der Waals surface area contributed by atoms with E-state index < -0.39 is 0 Å². The van der Waals surface area contributed by atoms with Gasteiger partial charge in [0.05, 0.1) is 0 Å². The van der Waals surface area contributed by atoms with E-state index in [2.05, 4.69) is 27.2 Å². The van der Waals surface area contributed by atoms with Crippen molar-refractivity contribution >= 4 is 17.5 Å². The molecule has 0 atom stereocenters. The first kappa shape index (κ1) is 12.6. The number of hydrogen-bond acceptors (Lipinski definition) is 5. The van der Waals surface area contributed by atoms with Crippen LogP contribution in [0.3, 0.4) is 0 Å². The van der Waals surface area contributed by atoms with E-state index in [4.69, 9.17) is 16.3 Å². The number of anilines is 1. The lowest BCUT2D eigenvalue weighted by Gasteiger charge is -2.06. The van der Waals surface area contributed by atoms with Crippen molar-refractivity contribution in [2.24, 2.45) is 0 Å². The summed E-state index contributed by atoms with van der Waals surface area (Å²) in [5, 5.41) is 2.88. The lowest BCUT2D eigenvalue weighted by Crippen LogP contribution is -2.01. The maximum atomic E-state index is 5.77. The van der Waals surface area contributed by atoms with Crippen molar-refractivity contribution < 1.29 is 4.74 Å². The zero-order valence-electron chi connectivity index (χ0n) is 10.1. The second-order valence-electron chi connectivity index (χ2n) is 3.56. The third-order valence-electron chi connectivity index (χ3n) is 2.33. The molecule has 0 bridgehead atoms. The van der Waals surface area contributed by atoms with Crippen molar-refractivity contribution in [3.8, 4) is 11.8 Å². The van der Waals surface area contributed by atoms with Gasteiger partial charge >= 0.3 is 6.01 Å². The fraction of sp³-hybridized carbons (Fsp3) is 0.250. The van der Waals surface area contributed by atoms with Gasteiger partial charge in [-0.2, -0.15) is 15.0 Å². The molecule has 0 aliphatic rings. The molecule has 0 aliphatic heterocycles. The normalized spacial score (nSPS) is 10.2. The molecular formula is C12H13ClN4O. The van der Waals surface area contributed by atoms with Crippen LogP contribution >= 0.6 is 11.6 Å². The monoisotopic (exact) mass is 264 g/mol. The van der Waals surface area contributed by atoms with Gasteiger partial charge in [-0.25, -0.2) is 0 Å². The predicted molar refractivity (Wildman–Crippen MR) is 70.3 cm³/mol. The molecule has 0 saturated heterocycles. The molecule has 0 saturated carbocycles. The number of rotatable bonds is 4. The first-order chi connectivity index (χ1) is 8.71. The summed E-state index contributed by atoms with van der Waals surface area (Å²) in [4.78, 5) is 11.9. The Hall–Kier alpha value is -1.88. The highest BCUT2D eigenvalue weighted by atomic mass is 35.5. The van der Waals surface area contributed by atoms with Crippen molar-refractivity contribution in [2.45, 2.75) is 13.3 Å². The van der Waals surface area contributed by atoms with E-state index in [0.29, 0.717) is 11.7 Å². The minimum Gasteiger partial charge on any atom is -0.424 e. The van der Waals surface area contributed by atoms with Crippen LogP contribution in [0.5, 0.6) is 11.8 Å². The number of hydrogen-bond donors (Lipinski definition) is 1. The van der Waals surface area contributed by atoms with Gasteiger partial charge in [-0.1, -0.05) is 19.1 Å². The number of aryl methyl sites for hydroxylation is 1. The van der Waals surface area contributed by atoms with Crippen LogP contribution in [0, 0.1) is 0 Å². The number of nitrogens with one attached hydrogen (secondary N) is 1. The van der Waals surface area contributed by atoms with Crippen LogP contribution in [0.2, 0.25) is 5.28 Å². The Morgan fingerprint density at radius 1 is 1.28 bits per heavy atom. The maximum absolute atomic E-state index is 5.77. The zero-order chi connectivity index (χ0) is 13.0. The molecule has 1 N–H and O–H groups in total. The summed E-state index contributed by atoms with van der Waals surface area (Å²) in [6.07, 6.45) is 0.941. The molecule has 0 amide bonds.